The van der Waals surface area contributed by atoms with Gasteiger partial charge < -0.3 is 24.1 Å². The molecule has 2 aliphatic heterocycles. The smallest absolute Gasteiger partial charge is 0.164 e. The largest absolute Gasteiger partial charge is 0.394 e. The molecule has 2 aliphatic rings. The highest BCUT2D eigenvalue weighted by atomic mass is 16.8. The quantitative estimate of drug-likeness (QED) is 0.694. The Bertz CT molecular complexity index is 518. The molecular formula is C20H30O5. The number of fused-ring (bicyclic) bond motifs is 1. The van der Waals surface area contributed by atoms with Gasteiger partial charge in [-0.3, -0.25) is 0 Å². The number of unbranched alkanes of at least 4 members (excludes halogenated alkanes) is 2. The second-order valence-corrected chi connectivity index (χ2v) is 7.35. The first-order valence-electron chi connectivity index (χ1n) is 9.33. The Balaban J connectivity index is 1.31. The number of rotatable bonds is 9. The maximum atomic E-state index is 9.49. The Morgan fingerprint density at radius 1 is 1.00 bits per heavy atom. The van der Waals surface area contributed by atoms with Crippen LogP contribution in [0, 0.1) is 0 Å². The lowest BCUT2D eigenvalue weighted by atomic mass is 10.0. The summed E-state index contributed by atoms with van der Waals surface area (Å²) in [5.74, 6) is -0.587. The Hall–Kier alpha value is -0.980. The summed E-state index contributed by atoms with van der Waals surface area (Å²) in [6, 6.07) is 10.2. The van der Waals surface area contributed by atoms with E-state index in [4.69, 9.17) is 18.9 Å². The molecule has 4 atom stereocenters. The molecule has 1 aromatic rings. The monoisotopic (exact) mass is 350 g/mol. The van der Waals surface area contributed by atoms with Crippen molar-refractivity contribution in [2.75, 3.05) is 13.2 Å². The normalized spacial score (nSPS) is 30.5. The van der Waals surface area contributed by atoms with Gasteiger partial charge >= 0.3 is 0 Å². The van der Waals surface area contributed by atoms with Crippen LogP contribution in [0.25, 0.3) is 0 Å². The molecule has 5 heteroatoms. The van der Waals surface area contributed by atoms with Crippen molar-refractivity contribution < 1.29 is 24.1 Å². The van der Waals surface area contributed by atoms with Gasteiger partial charge in [0, 0.05) is 6.61 Å². The summed E-state index contributed by atoms with van der Waals surface area (Å²) >= 11 is 0. The minimum atomic E-state index is -0.587. The van der Waals surface area contributed by atoms with Crippen LogP contribution in [0.5, 0.6) is 0 Å². The zero-order valence-corrected chi connectivity index (χ0v) is 15.2. The van der Waals surface area contributed by atoms with Crippen LogP contribution in [0.4, 0.5) is 0 Å². The van der Waals surface area contributed by atoms with Crippen molar-refractivity contribution in [1.82, 2.24) is 0 Å². The van der Waals surface area contributed by atoms with Gasteiger partial charge in [0.1, 0.15) is 18.3 Å². The minimum Gasteiger partial charge on any atom is -0.394 e. The standard InChI is InChI=1S/C20H30O5/c1-20(2)24-18-16(23-17(13-21)19(18)25-20)11-7-4-8-12-22-14-15-9-5-3-6-10-15/h3,5-6,9-10,16-19,21H,4,7-8,11-14H2,1-2H3/t16-,17+,18-,19+/m0/s1. The first-order valence-corrected chi connectivity index (χ1v) is 9.33. The molecule has 1 aromatic carbocycles. The fourth-order valence-electron chi connectivity index (χ4n) is 3.64. The predicted molar refractivity (Wildman–Crippen MR) is 94.1 cm³/mol. The Morgan fingerprint density at radius 2 is 1.72 bits per heavy atom. The van der Waals surface area contributed by atoms with Crippen LogP contribution in [0.1, 0.15) is 45.1 Å². The Kier molecular flexibility index (Phi) is 6.47. The van der Waals surface area contributed by atoms with Crippen LogP contribution in [0.2, 0.25) is 0 Å². The number of aliphatic hydroxyl groups is 1. The average Bonchev–Trinajstić information content (AvgIpc) is 3.08. The molecule has 140 valence electrons. The number of ether oxygens (including phenoxy) is 4. The average molecular weight is 350 g/mol. The molecule has 0 saturated carbocycles. The molecule has 2 fully saturated rings. The van der Waals surface area contributed by atoms with E-state index in [0.717, 1.165) is 32.3 Å². The van der Waals surface area contributed by atoms with Gasteiger partial charge in [-0.25, -0.2) is 0 Å². The first kappa shape index (κ1) is 18.8. The summed E-state index contributed by atoms with van der Waals surface area (Å²) in [5, 5.41) is 9.49. The zero-order chi connectivity index (χ0) is 17.7. The van der Waals surface area contributed by atoms with Gasteiger partial charge in [0.05, 0.1) is 19.3 Å². The van der Waals surface area contributed by atoms with Crippen LogP contribution in [0.3, 0.4) is 0 Å². The maximum Gasteiger partial charge on any atom is 0.164 e. The zero-order valence-electron chi connectivity index (χ0n) is 15.2. The second kappa shape index (κ2) is 8.60. The van der Waals surface area contributed by atoms with Gasteiger partial charge in [-0.05, 0) is 32.3 Å². The maximum absolute atomic E-state index is 9.49. The van der Waals surface area contributed by atoms with Crippen LogP contribution in [-0.4, -0.2) is 48.5 Å². The SMILES string of the molecule is CC1(C)O[C@@H]2[C@H](O1)[C@@H](CO)O[C@H]2CCCCCOCc1ccccc1. The molecule has 2 heterocycles. The van der Waals surface area contributed by atoms with Crippen molar-refractivity contribution in [2.24, 2.45) is 0 Å². The van der Waals surface area contributed by atoms with Crippen molar-refractivity contribution in [2.45, 2.75) is 76.3 Å². The van der Waals surface area contributed by atoms with E-state index in [1.807, 2.05) is 32.0 Å². The summed E-state index contributed by atoms with van der Waals surface area (Å²) < 4.78 is 23.5. The fraction of sp³-hybridized carbons (Fsp3) is 0.700. The van der Waals surface area contributed by atoms with Crippen molar-refractivity contribution in [3.05, 3.63) is 35.9 Å². The van der Waals surface area contributed by atoms with E-state index in [-0.39, 0.29) is 31.0 Å². The number of hydrogen-bond acceptors (Lipinski definition) is 5. The molecule has 0 spiro atoms. The third-order valence-electron chi connectivity index (χ3n) is 4.81. The lowest BCUT2D eigenvalue weighted by Gasteiger charge is -2.23. The van der Waals surface area contributed by atoms with Gasteiger partial charge in [-0.2, -0.15) is 0 Å². The molecule has 2 saturated heterocycles. The number of aliphatic hydroxyl groups excluding tert-OH is 1. The second-order valence-electron chi connectivity index (χ2n) is 7.35. The molecule has 0 aliphatic carbocycles. The molecule has 0 radical (unpaired) electrons. The van der Waals surface area contributed by atoms with E-state index in [2.05, 4.69) is 12.1 Å². The Labute approximate surface area is 150 Å². The van der Waals surface area contributed by atoms with Gasteiger partial charge in [0.15, 0.2) is 5.79 Å². The van der Waals surface area contributed by atoms with E-state index >= 15 is 0 Å². The molecule has 3 rings (SSSR count). The third kappa shape index (κ3) is 5.02. The van der Waals surface area contributed by atoms with E-state index in [1.165, 1.54) is 5.56 Å². The van der Waals surface area contributed by atoms with Crippen molar-refractivity contribution >= 4 is 0 Å². The van der Waals surface area contributed by atoms with Gasteiger partial charge in [0.25, 0.3) is 0 Å². The first-order chi connectivity index (χ1) is 12.1. The van der Waals surface area contributed by atoms with Crippen LogP contribution < -0.4 is 0 Å². The summed E-state index contributed by atoms with van der Waals surface area (Å²) in [7, 11) is 0. The molecule has 5 nitrogen and oxygen atoms in total. The van der Waals surface area contributed by atoms with Crippen LogP contribution in [0.15, 0.2) is 30.3 Å². The molecular weight excluding hydrogens is 320 g/mol. The molecule has 1 N–H and O–H groups in total. The molecule has 0 bridgehead atoms. The molecule has 0 amide bonds. The summed E-state index contributed by atoms with van der Waals surface area (Å²) in [4.78, 5) is 0. The highest BCUT2D eigenvalue weighted by Crippen LogP contribution is 2.40. The Morgan fingerprint density at radius 3 is 2.44 bits per heavy atom. The van der Waals surface area contributed by atoms with Crippen LogP contribution in [-0.2, 0) is 25.6 Å². The third-order valence-corrected chi connectivity index (χ3v) is 4.81. The molecule has 0 aromatic heterocycles. The molecule has 0 unspecified atom stereocenters. The fourth-order valence-corrected chi connectivity index (χ4v) is 3.64. The summed E-state index contributed by atoms with van der Waals surface area (Å²) in [5.41, 5.74) is 1.21. The van der Waals surface area contributed by atoms with E-state index < -0.39 is 5.79 Å². The van der Waals surface area contributed by atoms with Crippen LogP contribution >= 0.6 is 0 Å². The minimum absolute atomic E-state index is 0.00848. The number of benzene rings is 1. The van der Waals surface area contributed by atoms with Crippen molar-refractivity contribution in [1.29, 1.82) is 0 Å². The lowest BCUT2D eigenvalue weighted by Crippen LogP contribution is -2.31. The van der Waals surface area contributed by atoms with Crippen molar-refractivity contribution in [3.8, 4) is 0 Å². The summed E-state index contributed by atoms with van der Waals surface area (Å²) in [6.07, 6.45) is 3.64. The van der Waals surface area contributed by atoms with Crippen molar-refractivity contribution in [3.63, 3.8) is 0 Å². The van der Waals surface area contributed by atoms with E-state index in [1.54, 1.807) is 0 Å². The van der Waals surface area contributed by atoms with Gasteiger partial charge in [-0.1, -0.05) is 43.2 Å². The van der Waals surface area contributed by atoms with E-state index in [0.29, 0.717) is 6.61 Å². The lowest BCUT2D eigenvalue weighted by molar-refractivity contribution is -0.190. The molecule has 25 heavy (non-hydrogen) atoms. The highest BCUT2D eigenvalue weighted by Gasteiger charge is 2.54. The summed E-state index contributed by atoms with van der Waals surface area (Å²) in [6.45, 7) is 5.26. The van der Waals surface area contributed by atoms with E-state index in [9.17, 15) is 5.11 Å². The predicted octanol–water partition coefficient (Wildman–Crippen LogP) is 3.04. The van der Waals surface area contributed by atoms with Gasteiger partial charge in [-0.15, -0.1) is 0 Å². The topological polar surface area (TPSA) is 57.2 Å². The van der Waals surface area contributed by atoms with Gasteiger partial charge in [0.2, 0.25) is 0 Å². The number of hydrogen-bond donors (Lipinski definition) is 1. The highest BCUT2D eigenvalue weighted by molar-refractivity contribution is 5.13.